The molecule has 1 fully saturated rings. The Morgan fingerprint density at radius 3 is 3.00 bits per heavy atom. The van der Waals surface area contributed by atoms with E-state index >= 15 is 0 Å². The molecule has 116 valence electrons. The normalized spacial score (nSPS) is 20.2. The van der Waals surface area contributed by atoms with Gasteiger partial charge >= 0.3 is 5.97 Å². The molecule has 21 heavy (non-hydrogen) atoms. The molecule has 0 bridgehead atoms. The molecule has 1 aliphatic rings. The van der Waals surface area contributed by atoms with Gasteiger partial charge in [-0.1, -0.05) is 11.6 Å². The summed E-state index contributed by atoms with van der Waals surface area (Å²) in [6.45, 7) is 2.55. The number of carbonyl (C=O) groups is 1. The number of pyridine rings is 1. The van der Waals surface area contributed by atoms with Gasteiger partial charge in [0.25, 0.3) is 0 Å². The topological polar surface area (TPSA) is 76.6 Å². The van der Waals surface area contributed by atoms with E-state index in [9.17, 15) is 13.2 Å². The van der Waals surface area contributed by atoms with Gasteiger partial charge in [-0.2, -0.15) is 4.31 Å². The molecule has 8 heteroatoms. The average molecular weight is 333 g/mol. The number of aromatic nitrogens is 1. The van der Waals surface area contributed by atoms with Gasteiger partial charge in [-0.25, -0.2) is 13.4 Å². The van der Waals surface area contributed by atoms with Crippen LogP contribution in [0, 0.1) is 5.92 Å². The third kappa shape index (κ3) is 3.72. The summed E-state index contributed by atoms with van der Waals surface area (Å²) in [5.74, 6) is -0.754. The Kier molecular flexibility index (Phi) is 5.18. The maximum absolute atomic E-state index is 12.6. The lowest BCUT2D eigenvalue weighted by atomic mass is 10.0. The van der Waals surface area contributed by atoms with Gasteiger partial charge in [0.2, 0.25) is 10.0 Å². The van der Waals surface area contributed by atoms with Gasteiger partial charge in [-0.05, 0) is 31.9 Å². The van der Waals surface area contributed by atoms with E-state index < -0.39 is 15.9 Å². The number of carbonyl (C=O) groups excluding carboxylic acids is 1. The minimum Gasteiger partial charge on any atom is -0.466 e. The number of rotatable bonds is 4. The zero-order valence-electron chi connectivity index (χ0n) is 11.7. The fourth-order valence-corrected chi connectivity index (χ4v) is 4.08. The van der Waals surface area contributed by atoms with Gasteiger partial charge in [0.1, 0.15) is 5.15 Å². The molecule has 2 heterocycles. The molecule has 1 unspecified atom stereocenters. The number of piperidine rings is 1. The first kappa shape index (κ1) is 16.2. The molecule has 0 spiro atoms. The zero-order valence-corrected chi connectivity index (χ0v) is 13.2. The molecule has 1 atom stereocenters. The number of halogens is 1. The van der Waals surface area contributed by atoms with Crippen molar-refractivity contribution in [2.24, 2.45) is 5.92 Å². The quantitative estimate of drug-likeness (QED) is 0.619. The summed E-state index contributed by atoms with van der Waals surface area (Å²) in [5.41, 5.74) is 0. The van der Waals surface area contributed by atoms with Crippen LogP contribution in [0.25, 0.3) is 0 Å². The molecule has 0 amide bonds. The molecule has 0 aromatic carbocycles. The number of hydrogen-bond acceptors (Lipinski definition) is 5. The van der Waals surface area contributed by atoms with Crippen molar-refractivity contribution in [2.75, 3.05) is 19.7 Å². The molecule has 0 N–H and O–H groups in total. The summed E-state index contributed by atoms with van der Waals surface area (Å²) < 4.78 is 31.4. The molecule has 0 aliphatic carbocycles. The Labute approximate surface area is 129 Å². The molecular weight excluding hydrogens is 316 g/mol. The third-order valence-electron chi connectivity index (χ3n) is 3.34. The van der Waals surface area contributed by atoms with Crippen molar-refractivity contribution in [2.45, 2.75) is 24.7 Å². The van der Waals surface area contributed by atoms with E-state index in [0.29, 0.717) is 26.0 Å². The predicted octanol–water partition coefficient (Wildman–Crippen LogP) is 1.70. The first-order chi connectivity index (χ1) is 9.95. The summed E-state index contributed by atoms with van der Waals surface area (Å²) in [4.78, 5) is 15.7. The van der Waals surface area contributed by atoms with Gasteiger partial charge in [-0.15, -0.1) is 0 Å². The molecule has 0 radical (unpaired) electrons. The van der Waals surface area contributed by atoms with Crippen LogP contribution in [0.5, 0.6) is 0 Å². The third-order valence-corrected chi connectivity index (χ3v) is 5.41. The Hall–Kier alpha value is -1.18. The van der Waals surface area contributed by atoms with E-state index in [4.69, 9.17) is 16.3 Å². The highest BCUT2D eigenvalue weighted by atomic mass is 35.5. The lowest BCUT2D eigenvalue weighted by molar-refractivity contribution is -0.149. The van der Waals surface area contributed by atoms with Crippen LogP contribution in [0.3, 0.4) is 0 Å². The van der Waals surface area contributed by atoms with Crippen LogP contribution < -0.4 is 0 Å². The smallest absolute Gasteiger partial charge is 0.310 e. The van der Waals surface area contributed by atoms with E-state index in [1.165, 1.54) is 22.6 Å². The summed E-state index contributed by atoms with van der Waals surface area (Å²) >= 11 is 5.74. The molecule has 1 aliphatic heterocycles. The largest absolute Gasteiger partial charge is 0.466 e. The number of ether oxygens (including phenoxy) is 1. The maximum Gasteiger partial charge on any atom is 0.310 e. The van der Waals surface area contributed by atoms with Crippen molar-refractivity contribution in [1.29, 1.82) is 0 Å². The standard InChI is InChI=1S/C13H17ClN2O4S/c1-2-20-13(17)10-4-3-7-16(9-10)21(18,19)11-5-6-15-12(14)8-11/h5-6,8,10H,2-4,7,9H2,1H3. The molecule has 1 aromatic heterocycles. The lowest BCUT2D eigenvalue weighted by Gasteiger charge is -2.30. The minimum atomic E-state index is -3.66. The van der Waals surface area contributed by atoms with Crippen LogP contribution in [0.2, 0.25) is 5.15 Å². The molecule has 6 nitrogen and oxygen atoms in total. The van der Waals surface area contributed by atoms with E-state index in [1.807, 2.05) is 0 Å². The summed E-state index contributed by atoms with van der Waals surface area (Å²) in [6, 6.07) is 2.71. The molecule has 1 aromatic rings. The van der Waals surface area contributed by atoms with Gasteiger partial charge in [0.05, 0.1) is 17.4 Å². The zero-order chi connectivity index (χ0) is 15.5. The molecule has 2 rings (SSSR count). The molecular formula is C13H17ClN2O4S. The van der Waals surface area contributed by atoms with Crippen LogP contribution in [0.4, 0.5) is 0 Å². The Bertz CT molecular complexity index is 620. The predicted molar refractivity (Wildman–Crippen MR) is 77.4 cm³/mol. The van der Waals surface area contributed by atoms with Crippen LogP contribution >= 0.6 is 11.6 Å². The van der Waals surface area contributed by atoms with E-state index in [0.717, 1.165) is 0 Å². The van der Waals surface area contributed by atoms with Crippen LogP contribution in [-0.2, 0) is 19.6 Å². The average Bonchev–Trinajstić information content (AvgIpc) is 2.47. The second kappa shape index (κ2) is 6.72. The Balaban J connectivity index is 2.18. The van der Waals surface area contributed by atoms with Crippen molar-refractivity contribution >= 4 is 27.6 Å². The van der Waals surface area contributed by atoms with Gasteiger partial charge in [0.15, 0.2) is 0 Å². The maximum atomic E-state index is 12.6. The van der Waals surface area contributed by atoms with Crippen LogP contribution in [-0.4, -0.2) is 43.4 Å². The van der Waals surface area contributed by atoms with Crippen LogP contribution in [0.1, 0.15) is 19.8 Å². The van der Waals surface area contributed by atoms with Crippen molar-refractivity contribution in [3.05, 3.63) is 23.5 Å². The molecule has 1 saturated heterocycles. The van der Waals surface area contributed by atoms with E-state index in [-0.39, 0.29) is 22.6 Å². The van der Waals surface area contributed by atoms with Gasteiger partial charge < -0.3 is 4.74 Å². The van der Waals surface area contributed by atoms with Crippen LogP contribution in [0.15, 0.2) is 23.2 Å². The summed E-state index contributed by atoms with van der Waals surface area (Å²) in [6.07, 6.45) is 2.62. The van der Waals surface area contributed by atoms with E-state index in [1.54, 1.807) is 6.92 Å². The summed E-state index contributed by atoms with van der Waals surface area (Å²) in [5, 5.41) is 0.120. The first-order valence-corrected chi connectivity index (χ1v) is 8.55. The Morgan fingerprint density at radius 1 is 1.57 bits per heavy atom. The Morgan fingerprint density at radius 2 is 2.33 bits per heavy atom. The lowest BCUT2D eigenvalue weighted by Crippen LogP contribution is -2.42. The molecule has 0 saturated carbocycles. The number of nitrogens with zero attached hydrogens (tertiary/aromatic N) is 2. The highest BCUT2D eigenvalue weighted by Crippen LogP contribution is 2.25. The fraction of sp³-hybridized carbons (Fsp3) is 0.538. The summed E-state index contributed by atoms with van der Waals surface area (Å²) in [7, 11) is -3.66. The second-order valence-corrected chi connectivity index (χ2v) is 7.09. The van der Waals surface area contributed by atoms with Gasteiger partial charge in [-0.3, -0.25) is 4.79 Å². The van der Waals surface area contributed by atoms with Crippen molar-refractivity contribution in [1.82, 2.24) is 9.29 Å². The van der Waals surface area contributed by atoms with E-state index in [2.05, 4.69) is 4.98 Å². The SMILES string of the molecule is CCOC(=O)C1CCCN(S(=O)(=O)c2ccnc(Cl)c2)C1. The number of hydrogen-bond donors (Lipinski definition) is 0. The van der Waals surface area contributed by atoms with Gasteiger partial charge in [0, 0.05) is 19.3 Å². The monoisotopic (exact) mass is 332 g/mol. The number of esters is 1. The fourth-order valence-electron chi connectivity index (χ4n) is 2.31. The highest BCUT2D eigenvalue weighted by Gasteiger charge is 2.34. The van der Waals surface area contributed by atoms with Crippen molar-refractivity contribution in [3.63, 3.8) is 0 Å². The first-order valence-electron chi connectivity index (χ1n) is 6.73. The highest BCUT2D eigenvalue weighted by molar-refractivity contribution is 7.89. The second-order valence-electron chi connectivity index (χ2n) is 4.77. The number of sulfonamides is 1. The van der Waals surface area contributed by atoms with Crippen molar-refractivity contribution in [3.8, 4) is 0 Å². The minimum absolute atomic E-state index is 0.0898. The van der Waals surface area contributed by atoms with Crippen molar-refractivity contribution < 1.29 is 17.9 Å².